The topological polar surface area (TPSA) is 55.6 Å². The molecule has 21 heavy (non-hydrogen) atoms. The maximum atomic E-state index is 14.1. The molecule has 1 amide bonds. The minimum Gasteiger partial charge on any atom is -0.366 e. The molecule has 0 unspecified atom stereocenters. The highest BCUT2D eigenvalue weighted by molar-refractivity contribution is 9.10. The van der Waals surface area contributed by atoms with Crippen LogP contribution < -0.4 is 10.6 Å². The van der Waals surface area contributed by atoms with E-state index in [4.69, 9.17) is 10.5 Å². The van der Waals surface area contributed by atoms with Crippen LogP contribution in [0.1, 0.15) is 38.1 Å². The van der Waals surface area contributed by atoms with Gasteiger partial charge in [0, 0.05) is 17.6 Å². The van der Waals surface area contributed by atoms with Crippen molar-refractivity contribution in [1.82, 2.24) is 0 Å². The summed E-state index contributed by atoms with van der Waals surface area (Å²) in [5.41, 5.74) is 4.96. The van der Waals surface area contributed by atoms with Gasteiger partial charge in [0.15, 0.2) is 0 Å². The molecule has 1 aliphatic rings. The van der Waals surface area contributed by atoms with Crippen molar-refractivity contribution in [3.05, 3.63) is 28.0 Å². The Kier molecular flexibility index (Phi) is 4.06. The number of carbonyl (C=O) groups is 1. The first-order chi connectivity index (χ1) is 9.51. The fourth-order valence-corrected chi connectivity index (χ4v) is 3.43. The summed E-state index contributed by atoms with van der Waals surface area (Å²) in [6.45, 7) is 8.98. The van der Waals surface area contributed by atoms with Gasteiger partial charge in [-0.1, -0.05) is 15.9 Å². The second-order valence-electron chi connectivity index (χ2n) is 6.62. The molecule has 0 saturated carbocycles. The number of hydrogen-bond acceptors (Lipinski definition) is 3. The molecule has 1 aromatic carbocycles. The standard InChI is InChI=1S/C15H20BrFN2O2/c1-14(2)7-19(8-15(3,4)21-14)11-6-9(16)5-10(17)12(11)13(18)20/h5-6H,7-8H2,1-4H3,(H2,18,20). The number of nitrogens with zero attached hydrogens (tertiary/aromatic N) is 1. The van der Waals surface area contributed by atoms with E-state index >= 15 is 0 Å². The van der Waals surface area contributed by atoms with Crippen LogP contribution in [-0.2, 0) is 4.74 Å². The summed E-state index contributed by atoms with van der Waals surface area (Å²) in [5.74, 6) is -1.38. The SMILES string of the molecule is CC1(C)CN(c2cc(Br)cc(F)c2C(N)=O)CC(C)(C)O1. The fraction of sp³-hybridized carbons (Fsp3) is 0.533. The van der Waals surface area contributed by atoms with E-state index < -0.39 is 22.9 Å². The molecular weight excluding hydrogens is 339 g/mol. The van der Waals surface area contributed by atoms with E-state index in [1.807, 2.05) is 32.6 Å². The Morgan fingerprint density at radius 3 is 2.29 bits per heavy atom. The first-order valence-corrected chi connectivity index (χ1v) is 7.54. The number of benzene rings is 1. The minimum absolute atomic E-state index is 0.0771. The maximum Gasteiger partial charge on any atom is 0.253 e. The summed E-state index contributed by atoms with van der Waals surface area (Å²) in [6.07, 6.45) is 0. The first kappa shape index (κ1) is 16.2. The van der Waals surface area contributed by atoms with E-state index in [0.29, 0.717) is 23.2 Å². The highest BCUT2D eigenvalue weighted by Crippen LogP contribution is 2.35. The van der Waals surface area contributed by atoms with Crippen LogP contribution in [0.3, 0.4) is 0 Å². The van der Waals surface area contributed by atoms with Crippen molar-refractivity contribution in [2.45, 2.75) is 38.9 Å². The van der Waals surface area contributed by atoms with Crippen molar-refractivity contribution in [3.8, 4) is 0 Å². The second-order valence-corrected chi connectivity index (χ2v) is 7.54. The van der Waals surface area contributed by atoms with Gasteiger partial charge < -0.3 is 15.4 Å². The molecule has 0 bridgehead atoms. The van der Waals surface area contributed by atoms with Crippen LogP contribution in [0.4, 0.5) is 10.1 Å². The molecule has 0 spiro atoms. The lowest BCUT2D eigenvalue weighted by molar-refractivity contribution is -0.133. The van der Waals surface area contributed by atoms with Crippen LogP contribution in [0.25, 0.3) is 0 Å². The Hall–Kier alpha value is -1.14. The Labute approximate surface area is 132 Å². The Morgan fingerprint density at radius 2 is 1.81 bits per heavy atom. The van der Waals surface area contributed by atoms with E-state index in [9.17, 15) is 9.18 Å². The van der Waals surface area contributed by atoms with Gasteiger partial charge in [-0.15, -0.1) is 0 Å². The predicted molar refractivity (Wildman–Crippen MR) is 84.1 cm³/mol. The molecule has 4 nitrogen and oxygen atoms in total. The van der Waals surface area contributed by atoms with Crippen molar-refractivity contribution >= 4 is 27.5 Å². The molecule has 0 aromatic heterocycles. The average molecular weight is 359 g/mol. The van der Waals surface area contributed by atoms with Crippen LogP contribution in [0.15, 0.2) is 16.6 Å². The first-order valence-electron chi connectivity index (χ1n) is 6.75. The molecule has 116 valence electrons. The molecule has 1 aromatic rings. The monoisotopic (exact) mass is 358 g/mol. The summed E-state index contributed by atoms with van der Waals surface area (Å²) in [7, 11) is 0. The normalized spacial score (nSPS) is 20.4. The van der Waals surface area contributed by atoms with Gasteiger partial charge in [0.1, 0.15) is 5.82 Å². The number of ether oxygens (including phenoxy) is 1. The largest absolute Gasteiger partial charge is 0.366 e. The fourth-order valence-electron chi connectivity index (χ4n) is 3.01. The van der Waals surface area contributed by atoms with Gasteiger partial charge in [-0.25, -0.2) is 4.39 Å². The molecule has 2 rings (SSSR count). The molecule has 1 saturated heterocycles. The predicted octanol–water partition coefficient (Wildman–Crippen LogP) is 3.08. The third kappa shape index (κ3) is 3.55. The van der Waals surface area contributed by atoms with E-state index in [-0.39, 0.29) is 5.56 Å². The number of amides is 1. The van der Waals surface area contributed by atoms with Crippen LogP contribution in [0.5, 0.6) is 0 Å². The second kappa shape index (κ2) is 5.25. The zero-order chi connectivity index (χ0) is 16.0. The van der Waals surface area contributed by atoms with Gasteiger partial charge in [0.2, 0.25) is 0 Å². The summed E-state index contributed by atoms with van der Waals surface area (Å²) in [4.78, 5) is 13.6. The minimum atomic E-state index is -0.767. The van der Waals surface area contributed by atoms with Gasteiger partial charge in [-0.05, 0) is 39.8 Å². The number of anilines is 1. The van der Waals surface area contributed by atoms with Crippen molar-refractivity contribution in [2.24, 2.45) is 5.73 Å². The molecular formula is C15H20BrFN2O2. The highest BCUT2D eigenvalue weighted by Gasteiger charge is 2.39. The van der Waals surface area contributed by atoms with Crippen LogP contribution in [0.2, 0.25) is 0 Å². The number of carbonyl (C=O) groups excluding carboxylic acids is 1. The molecule has 0 aliphatic carbocycles. The Morgan fingerprint density at radius 1 is 1.29 bits per heavy atom. The van der Waals surface area contributed by atoms with E-state index in [2.05, 4.69) is 15.9 Å². The van der Waals surface area contributed by atoms with Crippen LogP contribution in [-0.4, -0.2) is 30.2 Å². The van der Waals surface area contributed by atoms with E-state index in [0.717, 1.165) is 0 Å². The summed E-state index contributed by atoms with van der Waals surface area (Å²) >= 11 is 3.27. The van der Waals surface area contributed by atoms with Crippen molar-refractivity contribution in [2.75, 3.05) is 18.0 Å². The molecule has 6 heteroatoms. The third-order valence-corrected chi connectivity index (χ3v) is 3.77. The zero-order valence-corrected chi connectivity index (χ0v) is 14.3. The molecule has 1 aliphatic heterocycles. The van der Waals surface area contributed by atoms with Gasteiger partial charge in [-0.3, -0.25) is 4.79 Å². The van der Waals surface area contributed by atoms with Crippen molar-refractivity contribution < 1.29 is 13.9 Å². The van der Waals surface area contributed by atoms with Gasteiger partial charge in [0.05, 0.1) is 22.5 Å². The zero-order valence-electron chi connectivity index (χ0n) is 12.7. The quantitative estimate of drug-likeness (QED) is 0.883. The van der Waals surface area contributed by atoms with E-state index in [1.54, 1.807) is 6.07 Å². The molecule has 1 fully saturated rings. The number of rotatable bonds is 2. The number of hydrogen-bond donors (Lipinski definition) is 1. The third-order valence-electron chi connectivity index (χ3n) is 3.32. The van der Waals surface area contributed by atoms with E-state index in [1.165, 1.54) is 6.07 Å². The smallest absolute Gasteiger partial charge is 0.253 e. The molecule has 0 atom stereocenters. The molecule has 1 heterocycles. The van der Waals surface area contributed by atoms with Crippen molar-refractivity contribution in [3.63, 3.8) is 0 Å². The maximum absolute atomic E-state index is 14.1. The summed E-state index contributed by atoms with van der Waals surface area (Å²) < 4.78 is 20.7. The Bertz CT molecular complexity index is 571. The van der Waals surface area contributed by atoms with Gasteiger partial charge in [-0.2, -0.15) is 0 Å². The average Bonchev–Trinajstić information content (AvgIpc) is 2.22. The highest BCUT2D eigenvalue weighted by atomic mass is 79.9. The summed E-state index contributed by atoms with van der Waals surface area (Å²) in [6, 6.07) is 2.97. The lowest BCUT2D eigenvalue weighted by atomic mass is 9.97. The van der Waals surface area contributed by atoms with Crippen molar-refractivity contribution in [1.29, 1.82) is 0 Å². The number of halogens is 2. The van der Waals surface area contributed by atoms with Crippen LogP contribution in [0, 0.1) is 5.82 Å². The van der Waals surface area contributed by atoms with Gasteiger partial charge in [0.25, 0.3) is 5.91 Å². The van der Waals surface area contributed by atoms with Crippen LogP contribution >= 0.6 is 15.9 Å². The van der Waals surface area contributed by atoms with Gasteiger partial charge >= 0.3 is 0 Å². The number of nitrogens with two attached hydrogens (primary N) is 1. The Balaban J connectivity index is 2.53. The lowest BCUT2D eigenvalue weighted by Gasteiger charge is -2.48. The summed E-state index contributed by atoms with van der Waals surface area (Å²) in [5, 5.41) is 0. The number of primary amides is 1. The molecule has 2 N–H and O–H groups in total. The number of morpholine rings is 1. The lowest BCUT2D eigenvalue weighted by Crippen LogP contribution is -2.57. The molecule has 0 radical (unpaired) electrons.